The molecule has 4 nitrogen and oxygen atoms in total. The number of anilines is 3. The van der Waals surface area contributed by atoms with Gasteiger partial charge in [0.25, 0.3) is 5.91 Å². The lowest BCUT2D eigenvalue weighted by Crippen LogP contribution is -2.18. The van der Waals surface area contributed by atoms with Crippen molar-refractivity contribution in [1.29, 1.82) is 0 Å². The molecule has 19 heavy (non-hydrogen) atoms. The minimum Gasteiger partial charge on any atom is -0.397 e. The Hall–Kier alpha value is -2.49. The number of amides is 1. The van der Waals surface area contributed by atoms with E-state index < -0.39 is 0 Å². The zero-order chi connectivity index (χ0) is 13.8. The van der Waals surface area contributed by atoms with Crippen LogP contribution in [0, 0.1) is 6.92 Å². The molecule has 98 valence electrons. The van der Waals surface area contributed by atoms with Crippen molar-refractivity contribution in [1.82, 2.24) is 5.32 Å². The van der Waals surface area contributed by atoms with Gasteiger partial charge in [-0.3, -0.25) is 4.79 Å². The van der Waals surface area contributed by atoms with Crippen LogP contribution in [0.15, 0.2) is 42.5 Å². The molecule has 4 heteroatoms. The number of carbonyl (C=O) groups excluding carboxylic acids is 1. The third-order valence-electron chi connectivity index (χ3n) is 2.96. The number of carbonyl (C=O) groups is 1. The summed E-state index contributed by atoms with van der Waals surface area (Å²) in [5, 5.41) is 5.84. The van der Waals surface area contributed by atoms with Gasteiger partial charge in [0.15, 0.2) is 0 Å². The Morgan fingerprint density at radius 1 is 1.11 bits per heavy atom. The second-order valence-corrected chi connectivity index (χ2v) is 4.32. The summed E-state index contributed by atoms with van der Waals surface area (Å²) in [6, 6.07) is 13.2. The number of benzene rings is 2. The summed E-state index contributed by atoms with van der Waals surface area (Å²) in [6.45, 7) is 2.03. The van der Waals surface area contributed by atoms with Crippen LogP contribution in [-0.2, 0) is 0 Å². The summed E-state index contributed by atoms with van der Waals surface area (Å²) >= 11 is 0. The Morgan fingerprint density at radius 3 is 2.47 bits per heavy atom. The first-order chi connectivity index (χ1) is 9.11. The molecule has 0 aromatic heterocycles. The number of nitrogens with one attached hydrogen (secondary N) is 2. The number of rotatable bonds is 3. The monoisotopic (exact) mass is 255 g/mol. The molecule has 0 aliphatic carbocycles. The molecule has 0 fully saturated rings. The maximum atomic E-state index is 11.5. The Bertz CT molecular complexity index is 608. The minimum absolute atomic E-state index is 0.144. The van der Waals surface area contributed by atoms with Crippen LogP contribution in [-0.4, -0.2) is 13.0 Å². The zero-order valence-corrected chi connectivity index (χ0v) is 11.0. The van der Waals surface area contributed by atoms with E-state index in [1.807, 2.05) is 37.3 Å². The molecule has 0 aliphatic heterocycles. The van der Waals surface area contributed by atoms with Gasteiger partial charge in [-0.1, -0.05) is 18.2 Å². The van der Waals surface area contributed by atoms with Gasteiger partial charge < -0.3 is 16.4 Å². The molecular formula is C15H17N3O. The van der Waals surface area contributed by atoms with Gasteiger partial charge in [-0.2, -0.15) is 0 Å². The topological polar surface area (TPSA) is 67.2 Å². The summed E-state index contributed by atoms with van der Waals surface area (Å²) in [5.74, 6) is -0.144. The average molecular weight is 255 g/mol. The Kier molecular flexibility index (Phi) is 3.71. The van der Waals surface area contributed by atoms with Crippen LogP contribution in [0.2, 0.25) is 0 Å². The molecule has 0 heterocycles. The molecule has 0 unspecified atom stereocenters. The van der Waals surface area contributed by atoms with Crippen LogP contribution in [0.5, 0.6) is 0 Å². The van der Waals surface area contributed by atoms with Crippen molar-refractivity contribution in [3.8, 4) is 0 Å². The molecule has 0 aliphatic rings. The predicted molar refractivity (Wildman–Crippen MR) is 78.7 cm³/mol. The summed E-state index contributed by atoms with van der Waals surface area (Å²) in [4.78, 5) is 11.5. The summed E-state index contributed by atoms with van der Waals surface area (Å²) in [6.07, 6.45) is 0. The first kappa shape index (κ1) is 13.0. The fraction of sp³-hybridized carbons (Fsp3) is 0.133. The highest BCUT2D eigenvalue weighted by Gasteiger charge is 2.07. The first-order valence-electron chi connectivity index (χ1n) is 6.06. The smallest absolute Gasteiger partial charge is 0.251 e. The molecule has 0 radical (unpaired) electrons. The van der Waals surface area contributed by atoms with E-state index in [1.165, 1.54) is 0 Å². The SMILES string of the molecule is CNC(=O)c1ccc(Nc2ccccc2C)c(N)c1. The third-order valence-corrected chi connectivity index (χ3v) is 2.96. The van der Waals surface area contributed by atoms with Gasteiger partial charge in [0.2, 0.25) is 0 Å². The Morgan fingerprint density at radius 2 is 1.84 bits per heavy atom. The van der Waals surface area contributed by atoms with Crippen LogP contribution in [0.1, 0.15) is 15.9 Å². The third kappa shape index (κ3) is 2.85. The van der Waals surface area contributed by atoms with E-state index in [0.29, 0.717) is 11.3 Å². The van der Waals surface area contributed by atoms with Gasteiger partial charge in [-0.15, -0.1) is 0 Å². The van der Waals surface area contributed by atoms with Gasteiger partial charge in [0.1, 0.15) is 0 Å². The van der Waals surface area contributed by atoms with Gasteiger partial charge in [-0.25, -0.2) is 0 Å². The van der Waals surface area contributed by atoms with E-state index in [9.17, 15) is 4.79 Å². The Labute approximate surface area is 112 Å². The molecule has 2 rings (SSSR count). The fourth-order valence-electron chi connectivity index (χ4n) is 1.82. The first-order valence-corrected chi connectivity index (χ1v) is 6.06. The van der Waals surface area contributed by atoms with E-state index in [4.69, 9.17) is 5.73 Å². The predicted octanol–water partition coefficient (Wildman–Crippen LogP) is 2.68. The number of hydrogen-bond acceptors (Lipinski definition) is 3. The highest BCUT2D eigenvalue weighted by molar-refractivity contribution is 5.96. The van der Waals surface area contributed by atoms with Crippen molar-refractivity contribution in [3.05, 3.63) is 53.6 Å². The van der Waals surface area contributed by atoms with Crippen molar-refractivity contribution >= 4 is 23.0 Å². The molecular weight excluding hydrogens is 238 g/mol. The number of nitrogen functional groups attached to an aromatic ring is 1. The van der Waals surface area contributed by atoms with Crippen molar-refractivity contribution in [3.63, 3.8) is 0 Å². The maximum absolute atomic E-state index is 11.5. The van der Waals surface area contributed by atoms with E-state index in [2.05, 4.69) is 10.6 Å². The molecule has 1 amide bonds. The van der Waals surface area contributed by atoms with Gasteiger partial charge in [0, 0.05) is 18.3 Å². The number of nitrogens with two attached hydrogens (primary N) is 1. The van der Waals surface area contributed by atoms with Crippen LogP contribution in [0.3, 0.4) is 0 Å². The quantitative estimate of drug-likeness (QED) is 0.739. The van der Waals surface area contributed by atoms with Crippen molar-refractivity contribution in [2.45, 2.75) is 6.92 Å². The maximum Gasteiger partial charge on any atom is 0.251 e. The van der Waals surface area contributed by atoms with Gasteiger partial charge >= 0.3 is 0 Å². The molecule has 0 saturated heterocycles. The Balaban J connectivity index is 2.27. The molecule has 4 N–H and O–H groups in total. The number of para-hydroxylation sites is 1. The standard InChI is InChI=1S/C15H17N3O/c1-10-5-3-4-6-13(10)18-14-8-7-11(9-12(14)16)15(19)17-2/h3-9,18H,16H2,1-2H3,(H,17,19). The van der Waals surface area contributed by atoms with Crippen LogP contribution in [0.4, 0.5) is 17.1 Å². The van der Waals surface area contributed by atoms with E-state index >= 15 is 0 Å². The highest BCUT2D eigenvalue weighted by atomic mass is 16.1. The van der Waals surface area contributed by atoms with Gasteiger partial charge in [0.05, 0.1) is 11.4 Å². The fourth-order valence-corrected chi connectivity index (χ4v) is 1.82. The van der Waals surface area contributed by atoms with Crippen LogP contribution >= 0.6 is 0 Å². The molecule has 2 aromatic carbocycles. The molecule has 0 bridgehead atoms. The number of aryl methyl sites for hydroxylation is 1. The van der Waals surface area contributed by atoms with E-state index in [0.717, 1.165) is 16.9 Å². The minimum atomic E-state index is -0.144. The molecule has 0 saturated carbocycles. The summed E-state index contributed by atoms with van der Waals surface area (Å²) < 4.78 is 0. The second-order valence-electron chi connectivity index (χ2n) is 4.32. The lowest BCUT2D eigenvalue weighted by Gasteiger charge is -2.12. The molecule has 2 aromatic rings. The zero-order valence-electron chi connectivity index (χ0n) is 11.0. The van der Waals surface area contributed by atoms with E-state index in [1.54, 1.807) is 19.2 Å². The van der Waals surface area contributed by atoms with Gasteiger partial charge in [-0.05, 0) is 36.8 Å². The summed E-state index contributed by atoms with van der Waals surface area (Å²) in [7, 11) is 1.60. The second kappa shape index (κ2) is 5.44. The van der Waals surface area contributed by atoms with Crippen molar-refractivity contribution in [2.75, 3.05) is 18.1 Å². The highest BCUT2D eigenvalue weighted by Crippen LogP contribution is 2.25. The molecule has 0 spiro atoms. The summed E-state index contributed by atoms with van der Waals surface area (Å²) in [5.41, 5.74) is 10.00. The largest absolute Gasteiger partial charge is 0.397 e. The number of hydrogen-bond donors (Lipinski definition) is 3. The average Bonchev–Trinajstić information content (AvgIpc) is 2.42. The van der Waals surface area contributed by atoms with Crippen LogP contribution in [0.25, 0.3) is 0 Å². The van der Waals surface area contributed by atoms with Crippen molar-refractivity contribution in [2.24, 2.45) is 0 Å². The lowest BCUT2D eigenvalue weighted by molar-refractivity contribution is 0.0963. The lowest BCUT2D eigenvalue weighted by atomic mass is 10.1. The van der Waals surface area contributed by atoms with E-state index in [-0.39, 0.29) is 5.91 Å². The normalized spacial score (nSPS) is 10.0. The van der Waals surface area contributed by atoms with Crippen molar-refractivity contribution < 1.29 is 4.79 Å². The van der Waals surface area contributed by atoms with Crippen LogP contribution < -0.4 is 16.4 Å². The molecule has 0 atom stereocenters.